The number of rotatable bonds is 11. The first-order valence-electron chi connectivity index (χ1n) is 16.5. The first-order valence-corrected chi connectivity index (χ1v) is 16.9. The molecule has 0 spiro atoms. The standard InChI is InChI=1S/C36H44ClN7O5/c1-41(2)11-5-6-34(45)43-12-9-25(10-13-43)44-30-21-33(40-32-8-7-26(23-39-32)42-14-16-49-17-15-42)38-22-24(30)18-29(36(44)46)28-19-27(47-3)20-31(48-4)35(28)37/h5-8,18-23,25,34,45H,9-17H2,1-4H3,(H,38,39,40)/b6-5+. The molecule has 0 bridgehead atoms. The normalized spacial score (nSPS) is 16.8. The number of likely N-dealkylation sites (tertiary alicyclic amines) is 1. The summed E-state index contributed by atoms with van der Waals surface area (Å²) in [5.41, 5.74) is 2.54. The summed E-state index contributed by atoms with van der Waals surface area (Å²) in [6.07, 6.45) is 8.05. The van der Waals surface area contributed by atoms with Gasteiger partial charge >= 0.3 is 0 Å². The van der Waals surface area contributed by atoms with Gasteiger partial charge in [-0.15, -0.1) is 0 Å². The molecule has 12 nitrogen and oxygen atoms in total. The van der Waals surface area contributed by atoms with Gasteiger partial charge in [-0.25, -0.2) is 9.97 Å². The van der Waals surface area contributed by atoms with Crippen molar-refractivity contribution in [3.8, 4) is 22.6 Å². The third-order valence-corrected chi connectivity index (χ3v) is 9.47. The highest BCUT2D eigenvalue weighted by molar-refractivity contribution is 6.35. The van der Waals surface area contributed by atoms with Crippen molar-refractivity contribution in [1.82, 2.24) is 24.3 Å². The molecule has 13 heteroatoms. The SMILES string of the molecule is COc1cc(OC)c(Cl)c(-c2cc3cnc(Nc4ccc(N5CCOCC5)cn4)cc3n(C3CCN(C(O)/C=C/CN(C)C)CC3)c2=O)c1. The average Bonchev–Trinajstić information content (AvgIpc) is 3.12. The minimum atomic E-state index is -0.689. The van der Waals surface area contributed by atoms with Crippen molar-refractivity contribution < 1.29 is 19.3 Å². The van der Waals surface area contributed by atoms with Crippen LogP contribution in [-0.4, -0.2) is 110 Å². The number of aliphatic hydroxyl groups excluding tert-OH is 1. The van der Waals surface area contributed by atoms with Crippen LogP contribution < -0.4 is 25.2 Å². The van der Waals surface area contributed by atoms with Crippen LogP contribution in [0, 0.1) is 0 Å². The first kappa shape index (κ1) is 34.7. The Balaban J connectivity index is 1.36. The molecule has 0 saturated carbocycles. The molecule has 2 aliphatic heterocycles. The minimum absolute atomic E-state index is 0.128. The molecule has 0 radical (unpaired) electrons. The molecule has 2 aliphatic rings. The first-order chi connectivity index (χ1) is 23.7. The zero-order chi connectivity index (χ0) is 34.5. The average molecular weight is 690 g/mol. The van der Waals surface area contributed by atoms with Crippen LogP contribution >= 0.6 is 11.6 Å². The van der Waals surface area contributed by atoms with E-state index < -0.39 is 6.23 Å². The molecule has 1 aromatic carbocycles. The molecule has 2 fully saturated rings. The second-order valence-corrected chi connectivity index (χ2v) is 12.9. The van der Waals surface area contributed by atoms with Gasteiger partial charge in [-0.1, -0.05) is 17.7 Å². The van der Waals surface area contributed by atoms with Crippen LogP contribution in [0.1, 0.15) is 18.9 Å². The number of anilines is 3. The number of aliphatic hydroxyl groups is 1. The van der Waals surface area contributed by atoms with Gasteiger partial charge in [0.15, 0.2) is 0 Å². The Morgan fingerprint density at radius 1 is 1.02 bits per heavy atom. The van der Waals surface area contributed by atoms with E-state index in [0.29, 0.717) is 78.4 Å². The molecule has 2 N–H and O–H groups in total. The predicted molar refractivity (Wildman–Crippen MR) is 194 cm³/mol. The molecular formula is C36H44ClN7O5. The molecule has 5 heterocycles. The van der Waals surface area contributed by atoms with Crippen LogP contribution in [0.15, 0.2) is 65.7 Å². The van der Waals surface area contributed by atoms with E-state index in [4.69, 9.17) is 30.8 Å². The van der Waals surface area contributed by atoms with E-state index >= 15 is 0 Å². The Labute approximate surface area is 291 Å². The third-order valence-electron chi connectivity index (χ3n) is 9.08. The number of ether oxygens (including phenoxy) is 3. The maximum Gasteiger partial charge on any atom is 0.259 e. The number of piperidine rings is 1. The molecule has 0 aliphatic carbocycles. The molecular weight excluding hydrogens is 646 g/mol. The van der Waals surface area contributed by atoms with Gasteiger partial charge in [0.1, 0.15) is 29.4 Å². The van der Waals surface area contributed by atoms with Crippen LogP contribution in [0.2, 0.25) is 5.02 Å². The van der Waals surface area contributed by atoms with Gasteiger partial charge in [0.2, 0.25) is 0 Å². The van der Waals surface area contributed by atoms with Crippen molar-refractivity contribution in [2.24, 2.45) is 0 Å². The smallest absolute Gasteiger partial charge is 0.259 e. The lowest BCUT2D eigenvalue weighted by molar-refractivity contribution is 0.0183. The summed E-state index contributed by atoms with van der Waals surface area (Å²) in [4.78, 5) is 30.2. The number of aromatic nitrogens is 3. The molecule has 2 saturated heterocycles. The van der Waals surface area contributed by atoms with Gasteiger partial charge in [0.05, 0.1) is 49.9 Å². The number of halogens is 1. The maximum absolute atomic E-state index is 14.6. The van der Waals surface area contributed by atoms with Gasteiger partial charge in [-0.05, 0) is 57.3 Å². The summed E-state index contributed by atoms with van der Waals surface area (Å²) in [6, 6.07) is 11.0. The van der Waals surface area contributed by atoms with Crippen LogP contribution in [-0.2, 0) is 4.74 Å². The number of likely N-dealkylation sites (N-methyl/N-ethyl adjacent to an activating group) is 1. The van der Waals surface area contributed by atoms with Crippen molar-refractivity contribution in [3.63, 3.8) is 0 Å². The molecule has 6 rings (SSSR count). The molecule has 1 unspecified atom stereocenters. The topological polar surface area (TPSA) is 117 Å². The van der Waals surface area contributed by atoms with Crippen LogP contribution in [0.4, 0.5) is 17.3 Å². The summed E-state index contributed by atoms with van der Waals surface area (Å²) in [5, 5.41) is 15.3. The fourth-order valence-electron chi connectivity index (χ4n) is 6.41. The highest BCUT2D eigenvalue weighted by Crippen LogP contribution is 2.39. The summed E-state index contributed by atoms with van der Waals surface area (Å²) in [5.74, 6) is 2.16. The number of morpholine rings is 1. The Hall–Kier alpha value is -4.20. The van der Waals surface area contributed by atoms with E-state index in [9.17, 15) is 9.90 Å². The fourth-order valence-corrected chi connectivity index (χ4v) is 6.70. The summed E-state index contributed by atoms with van der Waals surface area (Å²) < 4.78 is 18.4. The number of fused-ring (bicyclic) bond motifs is 1. The van der Waals surface area contributed by atoms with E-state index in [2.05, 4.69) is 15.2 Å². The second-order valence-electron chi connectivity index (χ2n) is 12.5. The van der Waals surface area contributed by atoms with Crippen molar-refractivity contribution >= 4 is 39.8 Å². The summed E-state index contributed by atoms with van der Waals surface area (Å²) >= 11 is 6.81. The third kappa shape index (κ3) is 7.84. The van der Waals surface area contributed by atoms with Gasteiger partial charge in [0.25, 0.3) is 5.56 Å². The minimum Gasteiger partial charge on any atom is -0.497 e. The van der Waals surface area contributed by atoms with Gasteiger partial charge < -0.3 is 39.0 Å². The van der Waals surface area contributed by atoms with Crippen molar-refractivity contribution in [2.75, 3.05) is 84.5 Å². The number of hydrogen-bond donors (Lipinski definition) is 2. The fraction of sp³-hybridized carbons (Fsp3) is 0.417. The van der Waals surface area contributed by atoms with Crippen LogP contribution in [0.25, 0.3) is 22.0 Å². The Kier molecular flexibility index (Phi) is 11.0. The highest BCUT2D eigenvalue weighted by atomic mass is 35.5. The lowest BCUT2D eigenvalue weighted by Crippen LogP contribution is -2.42. The summed E-state index contributed by atoms with van der Waals surface area (Å²) in [6.45, 7) is 5.07. The van der Waals surface area contributed by atoms with Crippen molar-refractivity contribution in [1.29, 1.82) is 0 Å². The van der Waals surface area contributed by atoms with Gasteiger partial charge in [0, 0.05) is 73.6 Å². The van der Waals surface area contributed by atoms with Gasteiger partial charge in [-0.2, -0.15) is 0 Å². The zero-order valence-electron chi connectivity index (χ0n) is 28.4. The van der Waals surface area contributed by atoms with E-state index in [1.54, 1.807) is 25.4 Å². The molecule has 260 valence electrons. The largest absolute Gasteiger partial charge is 0.497 e. The Bertz CT molecular complexity index is 1830. The maximum atomic E-state index is 14.6. The van der Waals surface area contributed by atoms with Gasteiger partial charge in [-0.3, -0.25) is 9.69 Å². The number of nitrogens with zero attached hydrogens (tertiary/aromatic N) is 6. The second kappa shape index (κ2) is 15.6. The monoisotopic (exact) mass is 689 g/mol. The molecule has 4 aromatic rings. The number of nitrogens with one attached hydrogen (secondary N) is 1. The zero-order valence-corrected chi connectivity index (χ0v) is 29.2. The number of hydrogen-bond acceptors (Lipinski definition) is 11. The van der Waals surface area contributed by atoms with Crippen LogP contribution in [0.5, 0.6) is 11.5 Å². The quantitative estimate of drug-likeness (QED) is 0.212. The van der Waals surface area contributed by atoms with E-state index in [1.807, 2.05) is 71.1 Å². The van der Waals surface area contributed by atoms with E-state index in [0.717, 1.165) is 36.2 Å². The summed E-state index contributed by atoms with van der Waals surface area (Å²) in [7, 11) is 7.07. The molecule has 0 amide bonds. The van der Waals surface area contributed by atoms with Crippen molar-refractivity contribution in [2.45, 2.75) is 25.1 Å². The number of methoxy groups -OCH3 is 2. The molecule has 3 aromatic heterocycles. The van der Waals surface area contributed by atoms with Crippen LogP contribution in [0.3, 0.4) is 0 Å². The lowest BCUT2D eigenvalue weighted by Gasteiger charge is -2.35. The number of pyridine rings is 3. The Morgan fingerprint density at radius 2 is 1.78 bits per heavy atom. The van der Waals surface area contributed by atoms with Crippen molar-refractivity contribution in [3.05, 3.63) is 76.3 Å². The Morgan fingerprint density at radius 3 is 2.45 bits per heavy atom. The highest BCUT2D eigenvalue weighted by Gasteiger charge is 2.27. The van der Waals surface area contributed by atoms with E-state index in [-0.39, 0.29) is 11.6 Å². The molecule has 1 atom stereocenters. The number of benzene rings is 1. The lowest BCUT2D eigenvalue weighted by atomic mass is 10.00. The van der Waals surface area contributed by atoms with E-state index in [1.165, 1.54) is 7.11 Å². The molecule has 49 heavy (non-hydrogen) atoms. The predicted octanol–water partition coefficient (Wildman–Crippen LogP) is 4.78.